The quantitative estimate of drug-likeness (QED) is 0.568. The molecule has 0 unspecified atom stereocenters. The van der Waals surface area contributed by atoms with Crippen LogP contribution in [0, 0.1) is 0 Å². The van der Waals surface area contributed by atoms with Gasteiger partial charge in [0, 0.05) is 27.9 Å². The van der Waals surface area contributed by atoms with E-state index < -0.39 is 5.91 Å². The third kappa shape index (κ3) is 4.88. The summed E-state index contributed by atoms with van der Waals surface area (Å²) < 4.78 is 1.07. The number of carbonyl (C=O) groups is 3. The van der Waals surface area contributed by atoms with Crippen molar-refractivity contribution in [2.45, 2.75) is 21.9 Å². The molecule has 0 spiro atoms. The maximum Gasteiger partial charge on any atom is 0.294 e. The predicted molar refractivity (Wildman–Crippen MR) is 118 cm³/mol. The van der Waals surface area contributed by atoms with Crippen molar-refractivity contribution in [3.63, 3.8) is 0 Å². The molecule has 0 aliphatic carbocycles. The van der Waals surface area contributed by atoms with E-state index in [2.05, 4.69) is 0 Å². The number of rotatable bonds is 5. The number of nitrogens with zero attached hydrogens (tertiary/aromatic N) is 2. The van der Waals surface area contributed by atoms with Crippen LogP contribution >= 0.6 is 46.5 Å². The largest absolute Gasteiger partial charge is 0.341 e. The average molecular weight is 465 g/mol. The predicted octanol–water partition coefficient (Wildman–Crippen LogP) is 5.21. The van der Waals surface area contributed by atoms with E-state index in [0.717, 1.165) is 43.5 Å². The Morgan fingerprint density at radius 2 is 1.83 bits per heavy atom. The number of likely N-dealkylation sites (tertiary alicyclic amines) is 1. The minimum Gasteiger partial charge on any atom is -0.341 e. The van der Waals surface area contributed by atoms with Gasteiger partial charge in [-0.15, -0.1) is 11.3 Å². The summed E-state index contributed by atoms with van der Waals surface area (Å²) in [4.78, 5) is 42.3. The van der Waals surface area contributed by atoms with Crippen molar-refractivity contribution in [3.05, 3.63) is 51.2 Å². The molecule has 2 aliphatic rings. The SMILES string of the molecule is O=C(CN1C(=O)S/C(=C/c2ccc(Sc3ccc(Cl)cc3)s2)C1=O)N1CCCC1. The van der Waals surface area contributed by atoms with Gasteiger partial charge in [-0.25, -0.2) is 0 Å². The van der Waals surface area contributed by atoms with Crippen LogP contribution in [0.4, 0.5) is 4.79 Å². The van der Waals surface area contributed by atoms with Gasteiger partial charge in [0.25, 0.3) is 11.1 Å². The first kappa shape index (κ1) is 20.5. The summed E-state index contributed by atoms with van der Waals surface area (Å²) in [6.07, 6.45) is 3.67. The minimum atomic E-state index is -0.396. The second-order valence-corrected chi connectivity index (χ2v) is 10.5. The van der Waals surface area contributed by atoms with Gasteiger partial charge in [0.2, 0.25) is 5.91 Å². The third-order valence-corrected chi connectivity index (χ3v) is 7.86. The molecule has 4 rings (SSSR count). The van der Waals surface area contributed by atoms with Crippen molar-refractivity contribution in [3.8, 4) is 0 Å². The van der Waals surface area contributed by atoms with E-state index in [1.165, 1.54) is 0 Å². The van der Waals surface area contributed by atoms with E-state index in [4.69, 9.17) is 11.6 Å². The molecule has 0 saturated carbocycles. The number of imide groups is 1. The highest BCUT2D eigenvalue weighted by atomic mass is 35.5. The van der Waals surface area contributed by atoms with Crippen molar-refractivity contribution in [2.24, 2.45) is 0 Å². The highest BCUT2D eigenvalue weighted by Gasteiger charge is 2.37. The van der Waals surface area contributed by atoms with Crippen molar-refractivity contribution in [2.75, 3.05) is 19.6 Å². The van der Waals surface area contributed by atoms with Gasteiger partial charge >= 0.3 is 0 Å². The van der Waals surface area contributed by atoms with Crippen LogP contribution in [0.5, 0.6) is 0 Å². The third-order valence-electron chi connectivity index (χ3n) is 4.53. The summed E-state index contributed by atoms with van der Waals surface area (Å²) in [5, 5.41) is 0.307. The molecule has 29 heavy (non-hydrogen) atoms. The van der Waals surface area contributed by atoms with Crippen molar-refractivity contribution >= 4 is 69.6 Å². The fraction of sp³-hybridized carbons (Fsp3) is 0.250. The number of carbonyl (C=O) groups excluding carboxylic acids is 3. The Kier molecular flexibility index (Phi) is 6.34. The number of benzene rings is 1. The fourth-order valence-electron chi connectivity index (χ4n) is 3.05. The molecular formula is C20H17ClN2O3S3. The lowest BCUT2D eigenvalue weighted by molar-refractivity contribution is -0.135. The lowest BCUT2D eigenvalue weighted by Crippen LogP contribution is -2.40. The molecule has 2 aromatic rings. The first-order valence-electron chi connectivity index (χ1n) is 9.06. The smallest absolute Gasteiger partial charge is 0.294 e. The van der Waals surface area contributed by atoms with Crippen LogP contribution < -0.4 is 0 Å². The van der Waals surface area contributed by atoms with Gasteiger partial charge in [-0.2, -0.15) is 0 Å². The maximum absolute atomic E-state index is 12.6. The Morgan fingerprint density at radius 3 is 2.55 bits per heavy atom. The minimum absolute atomic E-state index is 0.163. The van der Waals surface area contributed by atoms with Crippen LogP contribution in [-0.2, 0) is 9.59 Å². The summed E-state index contributed by atoms with van der Waals surface area (Å²) >= 11 is 9.96. The molecule has 3 heterocycles. The zero-order valence-electron chi connectivity index (χ0n) is 15.3. The summed E-state index contributed by atoms with van der Waals surface area (Å²) in [5.41, 5.74) is 0. The standard InChI is InChI=1S/C20H17ClN2O3S3/c21-13-3-5-14(6-4-13)27-18-8-7-15(28-18)11-16-19(25)23(20(26)29-16)12-17(24)22-9-1-2-10-22/h3-8,11H,1-2,9-10,12H2/b16-11+. The normalized spacial score (nSPS) is 18.3. The second-order valence-electron chi connectivity index (χ2n) is 6.57. The van der Waals surface area contributed by atoms with Gasteiger partial charge in [-0.3, -0.25) is 19.3 Å². The lowest BCUT2D eigenvalue weighted by Gasteiger charge is -2.18. The number of hydrogen-bond donors (Lipinski definition) is 0. The van der Waals surface area contributed by atoms with E-state index >= 15 is 0 Å². The Balaban J connectivity index is 1.42. The molecule has 0 radical (unpaired) electrons. The highest BCUT2D eigenvalue weighted by Crippen LogP contribution is 2.37. The number of thiophene rings is 1. The monoisotopic (exact) mass is 464 g/mol. The molecule has 1 aromatic carbocycles. The molecular weight excluding hydrogens is 448 g/mol. The zero-order valence-corrected chi connectivity index (χ0v) is 18.5. The number of amides is 3. The Morgan fingerprint density at radius 1 is 1.10 bits per heavy atom. The number of hydrogen-bond acceptors (Lipinski definition) is 6. The van der Waals surface area contributed by atoms with Crippen LogP contribution in [0.25, 0.3) is 6.08 Å². The number of halogens is 1. The van der Waals surface area contributed by atoms with E-state index in [0.29, 0.717) is 23.0 Å². The number of thioether (sulfide) groups is 1. The van der Waals surface area contributed by atoms with E-state index in [-0.39, 0.29) is 17.7 Å². The molecule has 0 bridgehead atoms. The van der Waals surface area contributed by atoms with Crippen LogP contribution in [0.3, 0.4) is 0 Å². The molecule has 150 valence electrons. The Labute approximate surface area is 186 Å². The summed E-state index contributed by atoms with van der Waals surface area (Å²) in [6.45, 7) is 1.23. The topological polar surface area (TPSA) is 57.7 Å². The Hall–Kier alpha value is -1.74. The second kappa shape index (κ2) is 8.95. The van der Waals surface area contributed by atoms with E-state index in [1.807, 2.05) is 36.4 Å². The van der Waals surface area contributed by atoms with E-state index in [9.17, 15) is 14.4 Å². The molecule has 5 nitrogen and oxygen atoms in total. The molecule has 9 heteroatoms. The van der Waals surface area contributed by atoms with Crippen LogP contribution in [0.2, 0.25) is 5.02 Å². The first-order valence-corrected chi connectivity index (χ1v) is 11.9. The molecule has 0 atom stereocenters. The van der Waals surface area contributed by atoms with E-state index in [1.54, 1.807) is 34.1 Å². The zero-order chi connectivity index (χ0) is 20.4. The molecule has 2 aliphatic heterocycles. The molecule has 2 fully saturated rings. The Bertz CT molecular complexity index is 981. The van der Waals surface area contributed by atoms with Crippen LogP contribution in [0.1, 0.15) is 17.7 Å². The maximum atomic E-state index is 12.6. The average Bonchev–Trinajstić information content (AvgIpc) is 3.43. The van der Waals surface area contributed by atoms with Gasteiger partial charge in [0.05, 0.1) is 9.11 Å². The van der Waals surface area contributed by atoms with Crippen LogP contribution in [-0.4, -0.2) is 46.5 Å². The van der Waals surface area contributed by atoms with Gasteiger partial charge < -0.3 is 4.90 Å². The van der Waals surface area contributed by atoms with Crippen molar-refractivity contribution in [1.29, 1.82) is 0 Å². The van der Waals surface area contributed by atoms with Crippen molar-refractivity contribution in [1.82, 2.24) is 9.80 Å². The van der Waals surface area contributed by atoms with Gasteiger partial charge in [-0.05, 0) is 67.1 Å². The van der Waals surface area contributed by atoms with Gasteiger partial charge in [0.1, 0.15) is 6.54 Å². The van der Waals surface area contributed by atoms with Crippen LogP contribution in [0.15, 0.2) is 50.4 Å². The lowest BCUT2D eigenvalue weighted by atomic mass is 10.3. The van der Waals surface area contributed by atoms with Gasteiger partial charge in [-0.1, -0.05) is 23.4 Å². The highest BCUT2D eigenvalue weighted by molar-refractivity contribution is 8.18. The molecule has 2 saturated heterocycles. The summed E-state index contributed by atoms with van der Waals surface area (Å²) in [6, 6.07) is 11.5. The fourth-order valence-corrected chi connectivity index (χ4v) is 6.15. The molecule has 3 amide bonds. The molecule has 1 aromatic heterocycles. The summed E-state index contributed by atoms with van der Waals surface area (Å²) in [5.74, 6) is -0.559. The summed E-state index contributed by atoms with van der Waals surface area (Å²) in [7, 11) is 0. The first-order chi connectivity index (χ1) is 14.0. The molecule has 0 N–H and O–H groups in total. The van der Waals surface area contributed by atoms with Crippen molar-refractivity contribution < 1.29 is 14.4 Å². The van der Waals surface area contributed by atoms with Gasteiger partial charge in [0.15, 0.2) is 0 Å².